The Morgan fingerprint density at radius 3 is 2.52 bits per heavy atom. The number of carbonyl (C=O) groups excluding carboxylic acids is 1. The third kappa shape index (κ3) is 4.41. The maximum absolute atomic E-state index is 13.0. The minimum Gasteiger partial charge on any atom is -0.381 e. The van der Waals surface area contributed by atoms with Crippen LogP contribution in [0.2, 0.25) is 0 Å². The van der Waals surface area contributed by atoms with E-state index in [2.05, 4.69) is 10.5 Å². The molecule has 2 rings (SSSR count). The molecule has 0 saturated carbocycles. The van der Waals surface area contributed by atoms with Crippen LogP contribution < -0.4 is 5.32 Å². The second-order valence-corrected chi connectivity index (χ2v) is 10.2. The predicted molar refractivity (Wildman–Crippen MR) is 93.7 cm³/mol. The molecule has 1 aromatic heterocycles. The van der Waals surface area contributed by atoms with Crippen LogP contribution in [0.25, 0.3) is 0 Å². The van der Waals surface area contributed by atoms with Crippen molar-refractivity contribution >= 4 is 15.7 Å². The second kappa shape index (κ2) is 7.86. The van der Waals surface area contributed by atoms with Gasteiger partial charge in [0.05, 0.1) is 17.5 Å². The molecule has 1 N–H and O–H groups in total. The van der Waals surface area contributed by atoms with Gasteiger partial charge in [-0.1, -0.05) is 19.0 Å². The first-order valence-corrected chi connectivity index (χ1v) is 10.2. The number of nitrogens with zero attached hydrogens (tertiary/aromatic N) is 1. The molecule has 1 aromatic rings. The summed E-state index contributed by atoms with van der Waals surface area (Å²) in [5.74, 6) is 0.313. The monoisotopic (exact) mass is 372 g/mol. The fourth-order valence-corrected chi connectivity index (χ4v) is 4.95. The third-order valence-corrected chi connectivity index (χ3v) is 7.64. The summed E-state index contributed by atoms with van der Waals surface area (Å²) in [6, 6.07) is 1.28. The molecule has 1 fully saturated rings. The van der Waals surface area contributed by atoms with E-state index in [1.54, 1.807) is 6.07 Å². The molecule has 1 aliphatic rings. The van der Waals surface area contributed by atoms with Gasteiger partial charge in [0.25, 0.3) is 0 Å². The summed E-state index contributed by atoms with van der Waals surface area (Å²) in [5, 5.41) is 5.99. The van der Waals surface area contributed by atoms with E-state index in [0.717, 1.165) is 0 Å². The van der Waals surface area contributed by atoms with Gasteiger partial charge in [-0.3, -0.25) is 4.79 Å². The van der Waals surface area contributed by atoms with E-state index in [4.69, 9.17) is 9.26 Å². The Labute approximate surface area is 149 Å². The fraction of sp³-hybridized carbons (Fsp3) is 0.765. The van der Waals surface area contributed by atoms with Crippen LogP contribution in [0, 0.1) is 5.92 Å². The van der Waals surface area contributed by atoms with Crippen molar-refractivity contribution in [1.82, 2.24) is 10.5 Å². The number of nitrogens with one attached hydrogen (secondary N) is 1. The topological polar surface area (TPSA) is 98.5 Å². The molecule has 0 bridgehead atoms. The molecular weight excluding hydrogens is 344 g/mol. The number of hydrogen-bond donors (Lipinski definition) is 1. The standard InChI is InChI=1S/C17H28N2O5S/c1-12(2)11-14(15-5-8-18-24-15)19-16(20)17(3,4)25(21,22)13-6-9-23-10-7-13/h5,8,12-14H,6-7,9-11H2,1-4H3,(H,19,20). The summed E-state index contributed by atoms with van der Waals surface area (Å²) < 4.78 is 34.9. The van der Waals surface area contributed by atoms with Crippen LogP contribution in [0.3, 0.4) is 0 Å². The minimum atomic E-state index is -3.64. The summed E-state index contributed by atoms with van der Waals surface area (Å²) in [4.78, 5) is 12.9. The second-order valence-electron chi connectivity index (χ2n) is 7.44. The molecule has 0 spiro atoms. The zero-order valence-electron chi connectivity index (χ0n) is 15.3. The molecule has 0 aromatic carbocycles. The van der Waals surface area contributed by atoms with E-state index in [1.165, 1.54) is 20.0 Å². The molecule has 8 heteroatoms. The fourth-order valence-electron chi connectivity index (χ4n) is 2.99. The van der Waals surface area contributed by atoms with Crippen molar-refractivity contribution in [2.24, 2.45) is 5.92 Å². The Morgan fingerprint density at radius 2 is 2.00 bits per heavy atom. The maximum Gasteiger partial charge on any atom is 0.241 e. The number of ether oxygens (including phenoxy) is 1. The van der Waals surface area contributed by atoms with E-state index in [9.17, 15) is 13.2 Å². The third-order valence-electron chi connectivity index (χ3n) is 4.68. The van der Waals surface area contributed by atoms with Crippen molar-refractivity contribution in [2.45, 2.75) is 63.0 Å². The molecule has 0 radical (unpaired) electrons. The summed E-state index contributed by atoms with van der Waals surface area (Å²) in [5.41, 5.74) is 0. The van der Waals surface area contributed by atoms with Gasteiger partial charge in [0.15, 0.2) is 15.6 Å². The van der Waals surface area contributed by atoms with Gasteiger partial charge in [-0.05, 0) is 39.0 Å². The van der Waals surface area contributed by atoms with Gasteiger partial charge in [-0.25, -0.2) is 8.42 Å². The van der Waals surface area contributed by atoms with E-state index in [1.807, 2.05) is 13.8 Å². The number of amides is 1. The summed E-state index contributed by atoms with van der Waals surface area (Å²) in [6.45, 7) is 7.82. The van der Waals surface area contributed by atoms with Gasteiger partial charge in [0, 0.05) is 19.3 Å². The van der Waals surface area contributed by atoms with Crippen molar-refractivity contribution in [3.05, 3.63) is 18.0 Å². The highest BCUT2D eigenvalue weighted by molar-refractivity contribution is 7.94. The van der Waals surface area contributed by atoms with Crippen molar-refractivity contribution in [1.29, 1.82) is 0 Å². The first-order valence-electron chi connectivity index (χ1n) is 8.69. The zero-order chi connectivity index (χ0) is 18.7. The maximum atomic E-state index is 13.0. The van der Waals surface area contributed by atoms with Gasteiger partial charge in [0.2, 0.25) is 5.91 Å². The molecule has 142 valence electrons. The first-order chi connectivity index (χ1) is 11.7. The largest absolute Gasteiger partial charge is 0.381 e. The summed E-state index contributed by atoms with van der Waals surface area (Å²) >= 11 is 0. The molecule has 0 aliphatic carbocycles. The van der Waals surface area contributed by atoms with Gasteiger partial charge < -0.3 is 14.6 Å². The number of carbonyl (C=O) groups is 1. The number of hydrogen-bond acceptors (Lipinski definition) is 6. The highest BCUT2D eigenvalue weighted by Crippen LogP contribution is 2.29. The Kier molecular flexibility index (Phi) is 6.26. The van der Waals surface area contributed by atoms with Crippen LogP contribution in [0.5, 0.6) is 0 Å². The Bertz CT molecular complexity index is 661. The van der Waals surface area contributed by atoms with Crippen LogP contribution in [-0.4, -0.2) is 42.7 Å². The smallest absolute Gasteiger partial charge is 0.241 e. The Morgan fingerprint density at radius 1 is 1.36 bits per heavy atom. The van der Waals surface area contributed by atoms with Gasteiger partial charge in [-0.2, -0.15) is 0 Å². The molecular formula is C17H28N2O5S. The minimum absolute atomic E-state index is 0.297. The van der Waals surface area contributed by atoms with Crippen LogP contribution in [-0.2, 0) is 19.4 Å². The normalized spacial score (nSPS) is 18.3. The van der Waals surface area contributed by atoms with E-state index < -0.39 is 31.8 Å². The molecule has 2 heterocycles. The SMILES string of the molecule is CC(C)CC(NC(=O)C(C)(C)S(=O)(=O)C1CCOCC1)c1ccno1. The highest BCUT2D eigenvalue weighted by Gasteiger charge is 2.47. The lowest BCUT2D eigenvalue weighted by molar-refractivity contribution is -0.123. The molecule has 1 unspecified atom stereocenters. The lowest BCUT2D eigenvalue weighted by Gasteiger charge is -2.32. The molecule has 7 nitrogen and oxygen atoms in total. The number of rotatable bonds is 7. The molecule has 1 saturated heterocycles. The Hall–Kier alpha value is -1.41. The summed E-state index contributed by atoms with van der Waals surface area (Å²) in [6.07, 6.45) is 3.00. The van der Waals surface area contributed by atoms with Crippen molar-refractivity contribution < 1.29 is 22.5 Å². The Balaban J connectivity index is 2.18. The molecule has 1 amide bonds. The van der Waals surface area contributed by atoms with Crippen LogP contribution in [0.4, 0.5) is 0 Å². The average Bonchev–Trinajstić information content (AvgIpc) is 3.08. The highest BCUT2D eigenvalue weighted by atomic mass is 32.2. The molecule has 1 aliphatic heterocycles. The van der Waals surface area contributed by atoms with Crippen molar-refractivity contribution in [3.63, 3.8) is 0 Å². The van der Waals surface area contributed by atoms with Crippen molar-refractivity contribution in [3.8, 4) is 0 Å². The van der Waals surface area contributed by atoms with Gasteiger partial charge in [-0.15, -0.1) is 0 Å². The van der Waals surface area contributed by atoms with E-state index in [-0.39, 0.29) is 0 Å². The van der Waals surface area contributed by atoms with Gasteiger partial charge >= 0.3 is 0 Å². The lowest BCUT2D eigenvalue weighted by Crippen LogP contribution is -2.53. The van der Waals surface area contributed by atoms with Gasteiger partial charge in [0.1, 0.15) is 4.75 Å². The van der Waals surface area contributed by atoms with E-state index in [0.29, 0.717) is 44.2 Å². The van der Waals surface area contributed by atoms with Crippen LogP contribution in [0.1, 0.15) is 58.8 Å². The zero-order valence-corrected chi connectivity index (χ0v) is 16.1. The quantitative estimate of drug-likeness (QED) is 0.788. The van der Waals surface area contributed by atoms with Crippen LogP contribution >= 0.6 is 0 Å². The van der Waals surface area contributed by atoms with Crippen LogP contribution in [0.15, 0.2) is 16.8 Å². The average molecular weight is 372 g/mol. The number of aromatic nitrogens is 1. The predicted octanol–water partition coefficient (Wildman–Crippen LogP) is 2.25. The summed E-state index contributed by atoms with van der Waals surface area (Å²) in [7, 11) is -3.64. The molecule has 25 heavy (non-hydrogen) atoms. The molecule has 1 atom stereocenters. The first kappa shape index (κ1) is 19.9. The lowest BCUT2D eigenvalue weighted by atomic mass is 10.0. The van der Waals surface area contributed by atoms with Crippen molar-refractivity contribution in [2.75, 3.05) is 13.2 Å². The number of sulfone groups is 1. The van der Waals surface area contributed by atoms with E-state index >= 15 is 0 Å².